The molecule has 2 rings (SSSR count). The Morgan fingerprint density at radius 3 is 2.47 bits per heavy atom. The number of benzene rings is 1. The van der Waals surface area contributed by atoms with Crippen LogP contribution >= 0.6 is 0 Å². The summed E-state index contributed by atoms with van der Waals surface area (Å²) >= 11 is 0. The smallest absolute Gasteiger partial charge is 0.255 e. The Morgan fingerprint density at radius 2 is 1.89 bits per heavy atom. The molecule has 1 amide bonds. The molecule has 2 unspecified atom stereocenters. The molecule has 2 atom stereocenters. The van der Waals surface area contributed by atoms with Crippen molar-refractivity contribution in [2.75, 3.05) is 0 Å². The number of amides is 1. The van der Waals surface area contributed by atoms with Gasteiger partial charge in [0.05, 0.1) is 5.56 Å². The van der Waals surface area contributed by atoms with Crippen molar-refractivity contribution in [2.45, 2.75) is 39.2 Å². The van der Waals surface area contributed by atoms with Crippen LogP contribution in [0.4, 0.5) is 4.39 Å². The third kappa shape index (κ3) is 3.46. The van der Waals surface area contributed by atoms with Gasteiger partial charge in [0.25, 0.3) is 5.91 Å². The zero-order valence-corrected chi connectivity index (χ0v) is 11.3. The van der Waals surface area contributed by atoms with E-state index in [-0.39, 0.29) is 23.3 Å². The van der Waals surface area contributed by atoms with E-state index in [4.69, 9.17) is 0 Å². The number of carbonyl (C=O) groups is 1. The summed E-state index contributed by atoms with van der Waals surface area (Å²) in [5.41, 5.74) is 0.132. The lowest BCUT2D eigenvalue weighted by Crippen LogP contribution is -2.40. The van der Waals surface area contributed by atoms with Gasteiger partial charge in [-0.05, 0) is 43.2 Å². The summed E-state index contributed by atoms with van der Waals surface area (Å²) in [5, 5.41) is 12.5. The molecular weight excluding hydrogens is 245 g/mol. The molecule has 0 aliphatic heterocycles. The Kier molecular flexibility index (Phi) is 4.08. The van der Waals surface area contributed by atoms with Gasteiger partial charge < -0.3 is 10.4 Å². The SMILES string of the molecule is CC1CC(C)CC(NC(=O)c2ccc(F)cc2O)C1. The van der Waals surface area contributed by atoms with Gasteiger partial charge in [0, 0.05) is 12.1 Å². The van der Waals surface area contributed by atoms with Crippen molar-refractivity contribution in [3.8, 4) is 5.75 Å². The predicted octanol–water partition coefficient (Wildman–Crippen LogP) is 3.09. The predicted molar refractivity (Wildman–Crippen MR) is 71.5 cm³/mol. The van der Waals surface area contributed by atoms with Crippen LogP contribution in [0.15, 0.2) is 18.2 Å². The van der Waals surface area contributed by atoms with E-state index < -0.39 is 5.82 Å². The van der Waals surface area contributed by atoms with Crippen molar-refractivity contribution in [2.24, 2.45) is 11.8 Å². The highest BCUT2D eigenvalue weighted by atomic mass is 19.1. The number of hydrogen-bond acceptors (Lipinski definition) is 2. The maximum atomic E-state index is 12.9. The Morgan fingerprint density at radius 1 is 1.26 bits per heavy atom. The molecule has 0 saturated heterocycles. The van der Waals surface area contributed by atoms with E-state index in [9.17, 15) is 14.3 Å². The molecule has 0 spiro atoms. The van der Waals surface area contributed by atoms with E-state index >= 15 is 0 Å². The quantitative estimate of drug-likeness (QED) is 0.863. The number of halogens is 1. The molecule has 1 aromatic carbocycles. The molecule has 3 nitrogen and oxygen atoms in total. The van der Waals surface area contributed by atoms with Crippen molar-refractivity contribution >= 4 is 5.91 Å². The van der Waals surface area contributed by atoms with Crippen molar-refractivity contribution in [1.82, 2.24) is 5.32 Å². The molecule has 0 bridgehead atoms. The van der Waals surface area contributed by atoms with Crippen LogP contribution in [0.5, 0.6) is 5.75 Å². The summed E-state index contributed by atoms with van der Waals surface area (Å²) in [4.78, 5) is 12.1. The van der Waals surface area contributed by atoms with Gasteiger partial charge in [-0.3, -0.25) is 4.79 Å². The molecular formula is C15H20FNO2. The Hall–Kier alpha value is -1.58. The largest absolute Gasteiger partial charge is 0.507 e. The van der Waals surface area contributed by atoms with E-state index in [0.717, 1.165) is 18.9 Å². The Labute approximate surface area is 112 Å². The highest BCUT2D eigenvalue weighted by molar-refractivity contribution is 5.96. The van der Waals surface area contributed by atoms with Crippen LogP contribution in [0.25, 0.3) is 0 Å². The fourth-order valence-electron chi connectivity index (χ4n) is 3.02. The molecule has 1 aromatic rings. The summed E-state index contributed by atoms with van der Waals surface area (Å²) in [5.74, 6) is -0.00102. The second kappa shape index (κ2) is 5.59. The van der Waals surface area contributed by atoms with E-state index in [0.29, 0.717) is 11.8 Å². The molecule has 1 aliphatic rings. The topological polar surface area (TPSA) is 49.3 Å². The number of nitrogens with one attached hydrogen (secondary N) is 1. The van der Waals surface area contributed by atoms with E-state index in [1.54, 1.807) is 0 Å². The molecule has 0 heterocycles. The van der Waals surface area contributed by atoms with Gasteiger partial charge in [0.15, 0.2) is 0 Å². The van der Waals surface area contributed by atoms with Crippen LogP contribution in [0, 0.1) is 17.7 Å². The minimum absolute atomic E-state index is 0.132. The average molecular weight is 265 g/mol. The van der Waals surface area contributed by atoms with Gasteiger partial charge in [-0.1, -0.05) is 13.8 Å². The molecule has 1 aliphatic carbocycles. The monoisotopic (exact) mass is 265 g/mol. The Balaban J connectivity index is 2.04. The van der Waals surface area contributed by atoms with Gasteiger partial charge in [-0.2, -0.15) is 0 Å². The highest BCUT2D eigenvalue weighted by Gasteiger charge is 2.25. The normalized spacial score (nSPS) is 27.0. The van der Waals surface area contributed by atoms with Gasteiger partial charge in [-0.15, -0.1) is 0 Å². The van der Waals surface area contributed by atoms with Crippen LogP contribution in [-0.2, 0) is 0 Å². The summed E-state index contributed by atoms with van der Waals surface area (Å²) in [6.07, 6.45) is 3.10. The summed E-state index contributed by atoms with van der Waals surface area (Å²) in [6, 6.07) is 3.59. The zero-order valence-electron chi connectivity index (χ0n) is 11.3. The Bertz CT molecular complexity index is 465. The number of phenols is 1. The lowest BCUT2D eigenvalue weighted by atomic mass is 9.80. The fraction of sp³-hybridized carbons (Fsp3) is 0.533. The van der Waals surface area contributed by atoms with Crippen LogP contribution < -0.4 is 5.32 Å². The van der Waals surface area contributed by atoms with E-state index in [1.807, 2.05) is 0 Å². The van der Waals surface area contributed by atoms with Gasteiger partial charge in [-0.25, -0.2) is 4.39 Å². The van der Waals surface area contributed by atoms with Crippen LogP contribution in [0.3, 0.4) is 0 Å². The highest BCUT2D eigenvalue weighted by Crippen LogP contribution is 2.29. The molecule has 1 saturated carbocycles. The molecule has 19 heavy (non-hydrogen) atoms. The third-order valence-corrected chi connectivity index (χ3v) is 3.72. The standard InChI is InChI=1S/C15H20FNO2/c1-9-5-10(2)7-12(6-9)17-15(19)13-4-3-11(16)8-14(13)18/h3-4,8-10,12,18H,5-7H2,1-2H3,(H,17,19). The minimum Gasteiger partial charge on any atom is -0.507 e. The maximum Gasteiger partial charge on any atom is 0.255 e. The lowest BCUT2D eigenvalue weighted by molar-refractivity contribution is 0.0908. The lowest BCUT2D eigenvalue weighted by Gasteiger charge is -2.32. The van der Waals surface area contributed by atoms with Crippen molar-refractivity contribution < 1.29 is 14.3 Å². The molecule has 2 N–H and O–H groups in total. The molecule has 4 heteroatoms. The number of hydrogen-bond donors (Lipinski definition) is 2. The molecule has 0 aromatic heterocycles. The number of phenolic OH excluding ortho intramolecular Hbond substituents is 1. The third-order valence-electron chi connectivity index (χ3n) is 3.72. The summed E-state index contributed by atoms with van der Waals surface area (Å²) in [7, 11) is 0. The molecule has 104 valence electrons. The minimum atomic E-state index is -0.547. The average Bonchev–Trinajstić information content (AvgIpc) is 2.26. The first kappa shape index (κ1) is 13.8. The summed E-state index contributed by atoms with van der Waals surface area (Å²) in [6.45, 7) is 4.37. The van der Waals surface area contributed by atoms with Crippen molar-refractivity contribution in [3.63, 3.8) is 0 Å². The molecule has 1 fully saturated rings. The zero-order chi connectivity index (χ0) is 14.0. The second-order valence-corrected chi connectivity index (χ2v) is 5.75. The first-order valence-corrected chi connectivity index (χ1v) is 6.75. The number of carbonyl (C=O) groups excluding carboxylic acids is 1. The first-order valence-electron chi connectivity index (χ1n) is 6.75. The number of aromatic hydroxyl groups is 1. The van der Waals surface area contributed by atoms with Crippen LogP contribution in [-0.4, -0.2) is 17.1 Å². The fourth-order valence-corrected chi connectivity index (χ4v) is 3.02. The van der Waals surface area contributed by atoms with E-state index in [2.05, 4.69) is 19.2 Å². The van der Waals surface area contributed by atoms with Crippen molar-refractivity contribution in [3.05, 3.63) is 29.6 Å². The number of rotatable bonds is 2. The molecule has 0 radical (unpaired) electrons. The van der Waals surface area contributed by atoms with Crippen LogP contribution in [0.1, 0.15) is 43.5 Å². The van der Waals surface area contributed by atoms with E-state index in [1.165, 1.54) is 18.6 Å². The van der Waals surface area contributed by atoms with Gasteiger partial charge in [0.1, 0.15) is 11.6 Å². The summed E-state index contributed by atoms with van der Waals surface area (Å²) < 4.78 is 12.9. The first-order chi connectivity index (χ1) is 8.95. The van der Waals surface area contributed by atoms with Gasteiger partial charge >= 0.3 is 0 Å². The maximum absolute atomic E-state index is 12.9. The second-order valence-electron chi connectivity index (χ2n) is 5.75. The van der Waals surface area contributed by atoms with Gasteiger partial charge in [0.2, 0.25) is 0 Å². The van der Waals surface area contributed by atoms with Crippen molar-refractivity contribution in [1.29, 1.82) is 0 Å². The van der Waals surface area contributed by atoms with Crippen LogP contribution in [0.2, 0.25) is 0 Å².